The summed E-state index contributed by atoms with van der Waals surface area (Å²) < 4.78 is 0. The Hall–Kier alpha value is -3.66. The van der Waals surface area contributed by atoms with Crippen LogP contribution in [0.4, 0.5) is 17.5 Å². The molecule has 3 aromatic heterocycles. The lowest BCUT2D eigenvalue weighted by atomic mass is 9.96. The molecular formula is C21H21N7O3. The van der Waals surface area contributed by atoms with Crippen molar-refractivity contribution in [2.24, 2.45) is 0 Å². The van der Waals surface area contributed by atoms with Gasteiger partial charge in [-0.25, -0.2) is 9.97 Å². The number of hydrogen-bond donors (Lipinski definition) is 3. The van der Waals surface area contributed by atoms with Crippen molar-refractivity contribution in [3.63, 3.8) is 0 Å². The zero-order chi connectivity index (χ0) is 21.7. The number of anilines is 3. The number of H-pyrrole nitrogens is 1. The normalized spacial score (nSPS) is 20.3. The Balaban J connectivity index is 1.38. The van der Waals surface area contributed by atoms with Gasteiger partial charge in [0.2, 0.25) is 11.9 Å². The van der Waals surface area contributed by atoms with E-state index in [9.17, 15) is 14.4 Å². The van der Waals surface area contributed by atoms with Crippen LogP contribution in [0.1, 0.15) is 35.7 Å². The number of pyridine rings is 2. The van der Waals surface area contributed by atoms with E-state index in [1.54, 1.807) is 30.3 Å². The number of hydrogen-bond acceptors (Lipinski definition) is 8. The monoisotopic (exact) mass is 419 g/mol. The molecule has 2 bridgehead atoms. The first-order valence-electron chi connectivity index (χ1n) is 10.1. The molecule has 3 aliphatic heterocycles. The average molecular weight is 419 g/mol. The van der Waals surface area contributed by atoms with Gasteiger partial charge in [0.25, 0.3) is 5.56 Å². The maximum Gasteiger partial charge on any atom is 0.260 e. The van der Waals surface area contributed by atoms with Crippen molar-refractivity contribution in [2.45, 2.75) is 38.8 Å². The third-order valence-electron chi connectivity index (χ3n) is 5.84. The summed E-state index contributed by atoms with van der Waals surface area (Å²) in [5.74, 6) is 0.562. The first-order chi connectivity index (χ1) is 14.9. The van der Waals surface area contributed by atoms with Crippen molar-refractivity contribution < 1.29 is 9.59 Å². The van der Waals surface area contributed by atoms with Crippen LogP contribution in [0.15, 0.2) is 29.3 Å². The molecule has 6 heterocycles. The summed E-state index contributed by atoms with van der Waals surface area (Å²) in [4.78, 5) is 53.8. The number of aromatic amines is 1. The van der Waals surface area contributed by atoms with E-state index in [1.165, 1.54) is 6.92 Å². The third-order valence-corrected chi connectivity index (χ3v) is 5.84. The summed E-state index contributed by atoms with van der Waals surface area (Å²) in [6, 6.07) is 4.23. The van der Waals surface area contributed by atoms with E-state index in [4.69, 9.17) is 0 Å². The highest BCUT2D eigenvalue weighted by Crippen LogP contribution is 2.27. The molecule has 0 saturated carbocycles. The average Bonchev–Trinajstić information content (AvgIpc) is 2.96. The van der Waals surface area contributed by atoms with Crippen LogP contribution < -0.4 is 21.1 Å². The Bertz CT molecular complexity index is 1260. The summed E-state index contributed by atoms with van der Waals surface area (Å²) in [7, 11) is 0. The third kappa shape index (κ3) is 3.44. The Labute approximate surface area is 177 Å². The zero-order valence-corrected chi connectivity index (χ0v) is 17.1. The summed E-state index contributed by atoms with van der Waals surface area (Å²) in [6.07, 6.45) is 4.75. The first-order valence-corrected chi connectivity index (χ1v) is 10.1. The minimum Gasteiger partial charge on any atom is -0.309 e. The van der Waals surface area contributed by atoms with Crippen LogP contribution in [0.3, 0.4) is 0 Å². The van der Waals surface area contributed by atoms with Gasteiger partial charge in [-0.05, 0) is 38.0 Å². The molecule has 10 heteroatoms. The highest BCUT2D eigenvalue weighted by atomic mass is 16.2. The number of carbonyl (C=O) groups excluding carboxylic acids is 2. The van der Waals surface area contributed by atoms with Gasteiger partial charge in [0.05, 0.1) is 17.4 Å². The molecular weight excluding hydrogens is 398 g/mol. The molecule has 3 saturated heterocycles. The van der Waals surface area contributed by atoms with Crippen LogP contribution >= 0.6 is 0 Å². The maximum atomic E-state index is 12.4. The van der Waals surface area contributed by atoms with Crippen molar-refractivity contribution in [1.82, 2.24) is 25.3 Å². The lowest BCUT2D eigenvalue weighted by Crippen LogP contribution is -2.53. The molecule has 158 valence electrons. The van der Waals surface area contributed by atoms with Crippen LogP contribution in [0, 0.1) is 6.92 Å². The summed E-state index contributed by atoms with van der Waals surface area (Å²) >= 11 is 0. The highest BCUT2D eigenvalue weighted by molar-refractivity contribution is 5.99. The second-order valence-electron chi connectivity index (χ2n) is 8.00. The number of aryl methyl sites for hydroxylation is 1. The minimum absolute atomic E-state index is 0.0992. The smallest absolute Gasteiger partial charge is 0.260 e. The number of carbonyl (C=O) groups is 2. The minimum atomic E-state index is -0.473. The van der Waals surface area contributed by atoms with Gasteiger partial charge in [-0.15, -0.1) is 0 Å². The Kier molecular flexibility index (Phi) is 4.51. The molecule has 3 N–H and O–H groups in total. The van der Waals surface area contributed by atoms with E-state index < -0.39 is 5.56 Å². The standard InChI is InChI=1S/C21H21N7O3/c1-10-15-8-23-21(27-19(15)26-20(31)18(10)11(2)29)25-16-4-3-14(7-22-16)28-9-13-5-12(24-13)6-17(28)30/h3-4,7-8,12-13,24H,5-6,9H2,1-2H3,(H2,22,23,25,26,27,31)/t12-,13?/m1/s1. The molecule has 3 fully saturated rings. The number of rotatable bonds is 4. The number of nitrogens with one attached hydrogen (secondary N) is 3. The number of Topliss-reactive ketones (excluding diaryl/α,β-unsaturated/α-hetero) is 1. The molecule has 31 heavy (non-hydrogen) atoms. The number of amides is 1. The first kappa shape index (κ1) is 19.3. The quantitative estimate of drug-likeness (QED) is 0.541. The Morgan fingerprint density at radius 1 is 1.19 bits per heavy atom. The van der Waals surface area contributed by atoms with Gasteiger partial charge in [0.15, 0.2) is 5.78 Å². The van der Waals surface area contributed by atoms with Gasteiger partial charge in [-0.1, -0.05) is 0 Å². The van der Waals surface area contributed by atoms with Gasteiger partial charge in [0, 0.05) is 36.6 Å². The lowest BCUT2D eigenvalue weighted by Gasteiger charge is -2.34. The molecule has 1 amide bonds. The molecule has 0 spiro atoms. The summed E-state index contributed by atoms with van der Waals surface area (Å²) in [5.41, 5.74) is 1.28. The van der Waals surface area contributed by atoms with Crippen molar-refractivity contribution in [3.8, 4) is 0 Å². The molecule has 1 unspecified atom stereocenters. The van der Waals surface area contributed by atoms with Crippen LogP contribution in [0.2, 0.25) is 0 Å². The van der Waals surface area contributed by atoms with E-state index in [2.05, 4.69) is 30.6 Å². The second kappa shape index (κ2) is 7.24. The van der Waals surface area contributed by atoms with Crippen LogP contribution in [-0.2, 0) is 4.79 Å². The molecule has 0 aromatic carbocycles. The SMILES string of the molecule is CC(=O)c1c(C)c2cnc(Nc3ccc(N4CC5C[C@H](CC4=O)N5)cn3)nc2[nH]c1=O. The number of aromatic nitrogens is 4. The van der Waals surface area contributed by atoms with Crippen LogP contribution in [-0.4, -0.2) is 50.3 Å². The van der Waals surface area contributed by atoms with Gasteiger partial charge in [0.1, 0.15) is 11.5 Å². The lowest BCUT2D eigenvalue weighted by molar-refractivity contribution is -0.118. The Morgan fingerprint density at radius 3 is 2.71 bits per heavy atom. The van der Waals surface area contributed by atoms with Gasteiger partial charge in [-0.2, -0.15) is 4.98 Å². The van der Waals surface area contributed by atoms with Crippen molar-refractivity contribution in [2.75, 3.05) is 16.8 Å². The molecule has 3 aliphatic rings. The van der Waals surface area contributed by atoms with E-state index >= 15 is 0 Å². The van der Waals surface area contributed by atoms with E-state index in [1.807, 2.05) is 6.07 Å². The fourth-order valence-electron chi connectivity index (χ4n) is 4.26. The fourth-order valence-corrected chi connectivity index (χ4v) is 4.26. The summed E-state index contributed by atoms with van der Waals surface area (Å²) in [5, 5.41) is 7.00. The molecule has 2 atom stereocenters. The highest BCUT2D eigenvalue weighted by Gasteiger charge is 2.37. The van der Waals surface area contributed by atoms with Gasteiger partial charge in [-0.3, -0.25) is 14.4 Å². The maximum absolute atomic E-state index is 12.4. The van der Waals surface area contributed by atoms with E-state index in [0.717, 1.165) is 12.1 Å². The molecule has 3 aromatic rings. The fraction of sp³-hybridized carbons (Fsp3) is 0.333. The molecule has 6 rings (SSSR count). The largest absolute Gasteiger partial charge is 0.309 e. The van der Waals surface area contributed by atoms with Gasteiger partial charge < -0.3 is 20.5 Å². The number of nitrogens with zero attached hydrogens (tertiary/aromatic N) is 4. The van der Waals surface area contributed by atoms with Crippen molar-refractivity contribution in [3.05, 3.63) is 46.0 Å². The van der Waals surface area contributed by atoms with Crippen molar-refractivity contribution >= 4 is 40.2 Å². The second-order valence-corrected chi connectivity index (χ2v) is 8.00. The predicted molar refractivity (Wildman–Crippen MR) is 115 cm³/mol. The predicted octanol–water partition coefficient (Wildman–Crippen LogP) is 1.43. The van der Waals surface area contributed by atoms with Crippen molar-refractivity contribution in [1.29, 1.82) is 0 Å². The van der Waals surface area contributed by atoms with Gasteiger partial charge >= 0.3 is 0 Å². The summed E-state index contributed by atoms with van der Waals surface area (Å²) in [6.45, 7) is 3.70. The molecule has 0 radical (unpaired) electrons. The Morgan fingerprint density at radius 2 is 2.00 bits per heavy atom. The topological polar surface area (TPSA) is 133 Å². The van der Waals surface area contributed by atoms with Crippen LogP contribution in [0.25, 0.3) is 11.0 Å². The van der Waals surface area contributed by atoms with Crippen LogP contribution in [0.5, 0.6) is 0 Å². The molecule has 10 nitrogen and oxygen atoms in total. The number of ketones is 1. The van der Waals surface area contributed by atoms with E-state index in [0.29, 0.717) is 47.5 Å². The number of fused-ring (bicyclic) bond motifs is 4. The molecule has 0 aliphatic carbocycles. The zero-order valence-electron chi connectivity index (χ0n) is 17.1. The van der Waals surface area contributed by atoms with E-state index in [-0.39, 0.29) is 23.2 Å².